The first-order valence-electron chi connectivity index (χ1n) is 11.6. The molecule has 3 aromatic carbocycles. The topological polar surface area (TPSA) is 69.2 Å². The molecule has 0 aliphatic heterocycles. The van der Waals surface area contributed by atoms with E-state index in [1.807, 2.05) is 54.9 Å². The molecule has 0 spiro atoms. The molecule has 0 aliphatic carbocycles. The van der Waals surface area contributed by atoms with E-state index in [0.717, 1.165) is 16.3 Å². The fourth-order valence-corrected chi connectivity index (χ4v) is 5.55. The normalized spacial score (nSPS) is 11.7. The van der Waals surface area contributed by atoms with Crippen molar-refractivity contribution < 1.29 is 5.11 Å². The van der Waals surface area contributed by atoms with Crippen LogP contribution in [-0.2, 0) is 20.1 Å². The van der Waals surface area contributed by atoms with E-state index in [0.29, 0.717) is 33.9 Å². The van der Waals surface area contributed by atoms with E-state index >= 15 is 0 Å². The first-order chi connectivity index (χ1) is 16.8. The predicted octanol–water partition coefficient (Wildman–Crippen LogP) is 5.22. The minimum atomic E-state index is -0.334. The summed E-state index contributed by atoms with van der Waals surface area (Å²) in [5, 5.41) is 13.9. The van der Waals surface area contributed by atoms with Crippen molar-refractivity contribution in [2.24, 2.45) is 13.0 Å². The Bertz CT molecular complexity index is 1670. The summed E-state index contributed by atoms with van der Waals surface area (Å²) < 4.78 is 4.90. The summed E-state index contributed by atoms with van der Waals surface area (Å²) >= 11 is 1.34. The first kappa shape index (κ1) is 23.1. The molecule has 2 heterocycles. The summed E-state index contributed by atoms with van der Waals surface area (Å²) in [6.45, 7) is 5.12. The molecule has 5 aromatic rings. The van der Waals surface area contributed by atoms with Crippen molar-refractivity contribution in [3.63, 3.8) is 0 Å². The molecule has 178 valence electrons. The molecular formula is C28H27N3O3S. The number of aromatic nitrogens is 3. The number of phenols is 1. The highest BCUT2D eigenvalue weighted by Gasteiger charge is 2.22. The fraction of sp³-hybridized carbons (Fsp3) is 0.214. The van der Waals surface area contributed by atoms with Crippen LogP contribution in [0.3, 0.4) is 0 Å². The molecule has 7 heteroatoms. The lowest BCUT2D eigenvalue weighted by Gasteiger charge is -2.13. The zero-order valence-corrected chi connectivity index (χ0v) is 20.7. The van der Waals surface area contributed by atoms with E-state index in [-0.39, 0.29) is 22.9 Å². The Morgan fingerprint density at radius 3 is 2.43 bits per heavy atom. The van der Waals surface area contributed by atoms with Crippen molar-refractivity contribution in [3.8, 4) is 5.75 Å². The van der Waals surface area contributed by atoms with Gasteiger partial charge in [0.1, 0.15) is 5.75 Å². The number of benzene rings is 3. The van der Waals surface area contributed by atoms with Crippen molar-refractivity contribution in [2.45, 2.75) is 36.9 Å². The molecule has 0 unspecified atom stereocenters. The van der Waals surface area contributed by atoms with Gasteiger partial charge < -0.3 is 9.67 Å². The Labute approximate surface area is 207 Å². The standard InChI is InChI=1S/C28H27N3O3S/c1-18(2)15-31-22-17-30(16-20-11-8-10-19-9-4-5-12-21(19)20)27(25(22)26(33)29(3)28(31)34)35-24-14-7-6-13-23(24)32/h4-14,17-18,32H,15-16H2,1-3H3. The number of aromatic hydroxyl groups is 1. The average Bonchev–Trinajstić information content (AvgIpc) is 3.19. The largest absolute Gasteiger partial charge is 0.507 e. The molecule has 0 radical (unpaired) electrons. The zero-order valence-electron chi connectivity index (χ0n) is 19.9. The average molecular weight is 486 g/mol. The molecule has 0 aliphatic rings. The van der Waals surface area contributed by atoms with Crippen LogP contribution in [0.4, 0.5) is 0 Å². The highest BCUT2D eigenvalue weighted by atomic mass is 32.2. The summed E-state index contributed by atoms with van der Waals surface area (Å²) in [4.78, 5) is 27.1. The molecule has 0 amide bonds. The molecule has 2 aromatic heterocycles. The third kappa shape index (κ3) is 4.17. The summed E-state index contributed by atoms with van der Waals surface area (Å²) in [7, 11) is 1.53. The summed E-state index contributed by atoms with van der Waals surface area (Å²) in [6.07, 6.45) is 1.91. The lowest BCUT2D eigenvalue weighted by Crippen LogP contribution is -2.38. The van der Waals surface area contributed by atoms with E-state index in [9.17, 15) is 14.7 Å². The smallest absolute Gasteiger partial charge is 0.331 e. The van der Waals surface area contributed by atoms with Crippen LogP contribution in [0.1, 0.15) is 19.4 Å². The number of fused-ring (bicyclic) bond motifs is 2. The van der Waals surface area contributed by atoms with Gasteiger partial charge in [-0.3, -0.25) is 13.9 Å². The molecular weight excluding hydrogens is 458 g/mol. The van der Waals surface area contributed by atoms with E-state index in [2.05, 4.69) is 24.3 Å². The molecule has 6 nitrogen and oxygen atoms in total. The molecule has 0 saturated heterocycles. The van der Waals surface area contributed by atoms with Gasteiger partial charge in [0.2, 0.25) is 0 Å². The van der Waals surface area contributed by atoms with Gasteiger partial charge in [0.15, 0.2) is 0 Å². The summed E-state index contributed by atoms with van der Waals surface area (Å²) in [5.41, 5.74) is 1.07. The Morgan fingerprint density at radius 2 is 1.66 bits per heavy atom. The van der Waals surface area contributed by atoms with Crippen LogP contribution in [-0.4, -0.2) is 18.8 Å². The highest BCUT2D eigenvalue weighted by molar-refractivity contribution is 7.99. The monoisotopic (exact) mass is 485 g/mol. The lowest BCUT2D eigenvalue weighted by atomic mass is 10.0. The minimum Gasteiger partial charge on any atom is -0.507 e. The van der Waals surface area contributed by atoms with E-state index < -0.39 is 0 Å². The molecule has 0 saturated carbocycles. The third-order valence-electron chi connectivity index (χ3n) is 6.18. The number of hydrogen-bond acceptors (Lipinski definition) is 4. The van der Waals surface area contributed by atoms with Gasteiger partial charge in [-0.25, -0.2) is 4.79 Å². The number of nitrogens with zero attached hydrogens (tertiary/aromatic N) is 3. The van der Waals surface area contributed by atoms with Crippen molar-refractivity contribution in [1.29, 1.82) is 0 Å². The van der Waals surface area contributed by atoms with Gasteiger partial charge in [-0.15, -0.1) is 0 Å². The molecule has 1 N–H and O–H groups in total. The Morgan fingerprint density at radius 1 is 0.943 bits per heavy atom. The van der Waals surface area contributed by atoms with Crippen molar-refractivity contribution in [2.75, 3.05) is 0 Å². The van der Waals surface area contributed by atoms with Gasteiger partial charge in [-0.2, -0.15) is 0 Å². The Kier molecular flexibility index (Phi) is 6.03. The maximum atomic E-state index is 13.4. The Balaban J connectivity index is 1.79. The number of para-hydroxylation sites is 1. The third-order valence-corrected chi connectivity index (χ3v) is 7.37. The zero-order chi connectivity index (χ0) is 24.7. The van der Waals surface area contributed by atoms with Crippen LogP contribution in [0.15, 0.2) is 92.4 Å². The minimum absolute atomic E-state index is 0.149. The van der Waals surface area contributed by atoms with Crippen LogP contribution in [0, 0.1) is 5.92 Å². The maximum absolute atomic E-state index is 13.4. The van der Waals surface area contributed by atoms with Gasteiger partial charge in [0, 0.05) is 26.3 Å². The second kappa shape index (κ2) is 9.15. The molecule has 5 rings (SSSR count). The second-order valence-corrected chi connectivity index (χ2v) is 10.2. The van der Waals surface area contributed by atoms with Gasteiger partial charge >= 0.3 is 5.69 Å². The van der Waals surface area contributed by atoms with Crippen molar-refractivity contribution in [3.05, 3.63) is 99.3 Å². The van der Waals surface area contributed by atoms with Gasteiger partial charge in [0.05, 0.1) is 20.8 Å². The van der Waals surface area contributed by atoms with Gasteiger partial charge in [-0.05, 0) is 34.4 Å². The SMILES string of the molecule is CC(C)Cn1c(=O)n(C)c(=O)c2c(Sc3ccccc3O)n(Cc3cccc4ccccc34)cc21. The maximum Gasteiger partial charge on any atom is 0.331 e. The predicted molar refractivity (Wildman–Crippen MR) is 142 cm³/mol. The highest BCUT2D eigenvalue weighted by Crippen LogP contribution is 2.38. The summed E-state index contributed by atoms with van der Waals surface area (Å²) in [6, 6.07) is 21.5. The Hall–Kier alpha value is -3.71. The number of phenolic OH excluding ortho intramolecular Hbond substituents is 1. The van der Waals surface area contributed by atoms with Crippen molar-refractivity contribution >= 4 is 33.4 Å². The second-order valence-electron chi connectivity index (χ2n) is 9.18. The number of rotatable bonds is 6. The quantitative estimate of drug-likeness (QED) is 0.358. The van der Waals surface area contributed by atoms with Crippen molar-refractivity contribution in [1.82, 2.24) is 13.7 Å². The van der Waals surface area contributed by atoms with Crippen LogP contribution >= 0.6 is 11.8 Å². The number of hydrogen-bond donors (Lipinski definition) is 1. The van der Waals surface area contributed by atoms with Crippen LogP contribution in [0.2, 0.25) is 0 Å². The lowest BCUT2D eigenvalue weighted by molar-refractivity contribution is 0.462. The van der Waals surface area contributed by atoms with E-state index in [1.165, 1.54) is 23.4 Å². The molecule has 0 atom stereocenters. The molecule has 0 bridgehead atoms. The van der Waals surface area contributed by atoms with Crippen LogP contribution < -0.4 is 11.2 Å². The van der Waals surface area contributed by atoms with E-state index in [4.69, 9.17) is 0 Å². The van der Waals surface area contributed by atoms with Gasteiger partial charge in [0.25, 0.3) is 5.56 Å². The van der Waals surface area contributed by atoms with Crippen LogP contribution in [0.25, 0.3) is 21.7 Å². The fourth-order valence-electron chi connectivity index (χ4n) is 4.50. The van der Waals surface area contributed by atoms with Gasteiger partial charge in [-0.1, -0.05) is 80.2 Å². The van der Waals surface area contributed by atoms with E-state index in [1.54, 1.807) is 16.7 Å². The molecule has 0 fully saturated rings. The summed E-state index contributed by atoms with van der Waals surface area (Å²) in [5.74, 6) is 0.375. The molecule has 35 heavy (non-hydrogen) atoms. The first-order valence-corrected chi connectivity index (χ1v) is 12.4. The van der Waals surface area contributed by atoms with Crippen LogP contribution in [0.5, 0.6) is 5.75 Å².